The molecule has 1 aromatic heterocycles. The molecule has 1 N–H and O–H groups in total. The molecule has 3 rings (SSSR count). The molecule has 0 saturated carbocycles. The fourth-order valence-corrected chi connectivity index (χ4v) is 3.32. The van der Waals surface area contributed by atoms with Crippen LogP contribution in [-0.4, -0.2) is 15.7 Å². The van der Waals surface area contributed by atoms with Gasteiger partial charge >= 0.3 is 0 Å². The van der Waals surface area contributed by atoms with Crippen LogP contribution >= 0.6 is 28.1 Å². The van der Waals surface area contributed by atoms with Crippen molar-refractivity contribution in [3.05, 3.63) is 68.3 Å². The van der Waals surface area contributed by atoms with Crippen LogP contribution in [0.1, 0.15) is 22.6 Å². The first kappa shape index (κ1) is 20.3. The van der Waals surface area contributed by atoms with Crippen molar-refractivity contribution in [3.8, 4) is 5.75 Å². The van der Waals surface area contributed by atoms with Crippen LogP contribution in [0.5, 0.6) is 5.75 Å². The van der Waals surface area contributed by atoms with E-state index in [0.717, 1.165) is 21.2 Å². The lowest BCUT2D eigenvalue weighted by molar-refractivity contribution is -0.117. The van der Waals surface area contributed by atoms with Gasteiger partial charge in [0.15, 0.2) is 6.61 Å². The number of anilines is 1. The predicted octanol–water partition coefficient (Wildman–Crippen LogP) is 5.11. The summed E-state index contributed by atoms with van der Waals surface area (Å²) in [5, 5.41) is 7.09. The molecule has 6 nitrogen and oxygen atoms in total. The zero-order valence-electron chi connectivity index (χ0n) is 15.8. The predicted molar refractivity (Wildman–Crippen MR) is 113 cm³/mol. The number of rotatable bonds is 6. The Morgan fingerprint density at radius 2 is 2.00 bits per heavy atom. The van der Waals surface area contributed by atoms with Gasteiger partial charge in [-0.05, 0) is 89.9 Å². The maximum absolute atomic E-state index is 12.4. The Balaban J connectivity index is 1.64. The smallest absolute Gasteiger partial charge is 0.287 e. The highest BCUT2D eigenvalue weighted by Gasteiger charge is 2.12. The van der Waals surface area contributed by atoms with E-state index in [1.165, 1.54) is 4.68 Å². The van der Waals surface area contributed by atoms with Crippen LogP contribution < -0.4 is 10.1 Å². The average molecular weight is 462 g/mol. The number of hydrogen-bond donors (Lipinski definition) is 1. The second kappa shape index (κ2) is 8.70. The SMILES string of the molecule is Cc1cccc(OCc2nn(CC(=O)Nc3cc(C)c(C)cc3Br)c(=S)o2)c1. The van der Waals surface area contributed by atoms with Crippen LogP contribution in [0, 0.1) is 25.6 Å². The molecule has 8 heteroatoms. The highest BCUT2D eigenvalue weighted by molar-refractivity contribution is 9.10. The monoisotopic (exact) mass is 461 g/mol. The van der Waals surface area contributed by atoms with E-state index in [1.807, 2.05) is 57.2 Å². The zero-order chi connectivity index (χ0) is 20.3. The summed E-state index contributed by atoms with van der Waals surface area (Å²) in [5.74, 6) is 0.777. The minimum absolute atomic E-state index is 0.0495. The van der Waals surface area contributed by atoms with Crippen molar-refractivity contribution in [2.45, 2.75) is 33.9 Å². The number of amides is 1. The van der Waals surface area contributed by atoms with Gasteiger partial charge in [0.1, 0.15) is 12.3 Å². The van der Waals surface area contributed by atoms with Gasteiger partial charge in [-0.2, -0.15) is 0 Å². The maximum Gasteiger partial charge on any atom is 0.287 e. The van der Waals surface area contributed by atoms with Crippen LogP contribution in [0.15, 0.2) is 45.3 Å². The molecule has 2 aromatic carbocycles. The molecular formula is C20H20BrN3O3S. The van der Waals surface area contributed by atoms with Gasteiger partial charge in [0.2, 0.25) is 5.91 Å². The number of benzene rings is 2. The molecule has 28 heavy (non-hydrogen) atoms. The Morgan fingerprint density at radius 1 is 1.25 bits per heavy atom. The summed E-state index contributed by atoms with van der Waals surface area (Å²) in [4.78, 5) is 12.5. The Kier molecular flexibility index (Phi) is 6.31. The molecule has 146 valence electrons. The third-order valence-corrected chi connectivity index (χ3v) is 5.10. The minimum atomic E-state index is -0.250. The molecule has 0 saturated heterocycles. The van der Waals surface area contributed by atoms with E-state index in [2.05, 4.69) is 26.3 Å². The Bertz CT molecular complexity index is 1070. The molecule has 0 fully saturated rings. The highest BCUT2D eigenvalue weighted by Crippen LogP contribution is 2.26. The molecule has 0 bridgehead atoms. The van der Waals surface area contributed by atoms with Crippen LogP contribution in [0.25, 0.3) is 0 Å². The molecule has 1 heterocycles. The molecule has 0 aliphatic heterocycles. The Labute approximate surface area is 176 Å². The number of nitrogens with one attached hydrogen (secondary N) is 1. The summed E-state index contributed by atoms with van der Waals surface area (Å²) in [7, 11) is 0. The maximum atomic E-state index is 12.4. The number of ether oxygens (including phenoxy) is 1. The normalized spacial score (nSPS) is 10.7. The number of nitrogens with zero attached hydrogens (tertiary/aromatic N) is 2. The molecule has 0 atom stereocenters. The van der Waals surface area contributed by atoms with Gasteiger partial charge in [0.25, 0.3) is 10.7 Å². The topological polar surface area (TPSA) is 69.3 Å². The Hall–Kier alpha value is -2.45. The summed E-state index contributed by atoms with van der Waals surface area (Å²) < 4.78 is 13.2. The van der Waals surface area contributed by atoms with E-state index in [4.69, 9.17) is 21.4 Å². The number of aromatic nitrogens is 2. The lowest BCUT2D eigenvalue weighted by Gasteiger charge is -2.10. The Morgan fingerprint density at radius 3 is 2.75 bits per heavy atom. The average Bonchev–Trinajstić information content (AvgIpc) is 2.97. The number of hydrogen-bond acceptors (Lipinski definition) is 5. The largest absolute Gasteiger partial charge is 0.484 e. The first-order valence-corrected chi connectivity index (χ1v) is 9.85. The quantitative estimate of drug-likeness (QED) is 0.516. The lowest BCUT2D eigenvalue weighted by Crippen LogP contribution is -2.20. The van der Waals surface area contributed by atoms with Crippen molar-refractivity contribution in [2.75, 3.05) is 5.32 Å². The highest BCUT2D eigenvalue weighted by atomic mass is 79.9. The summed E-state index contributed by atoms with van der Waals surface area (Å²) in [5.41, 5.74) is 4.03. The molecule has 1 amide bonds. The van der Waals surface area contributed by atoms with Crippen molar-refractivity contribution >= 4 is 39.7 Å². The molecule has 0 spiro atoms. The summed E-state index contributed by atoms with van der Waals surface area (Å²) in [6.45, 7) is 6.07. The molecule has 3 aromatic rings. The fraction of sp³-hybridized carbons (Fsp3) is 0.250. The summed E-state index contributed by atoms with van der Waals surface area (Å²) in [6, 6.07) is 11.6. The second-order valence-electron chi connectivity index (χ2n) is 6.49. The number of aryl methyl sites for hydroxylation is 3. The number of halogens is 1. The van der Waals surface area contributed by atoms with E-state index in [0.29, 0.717) is 17.3 Å². The van der Waals surface area contributed by atoms with Gasteiger partial charge in [0, 0.05) is 4.47 Å². The van der Waals surface area contributed by atoms with Crippen LogP contribution in [0.3, 0.4) is 0 Å². The van der Waals surface area contributed by atoms with E-state index >= 15 is 0 Å². The first-order valence-electron chi connectivity index (χ1n) is 8.64. The van der Waals surface area contributed by atoms with Crippen molar-refractivity contribution in [3.63, 3.8) is 0 Å². The van der Waals surface area contributed by atoms with E-state index in [9.17, 15) is 4.79 Å². The third-order valence-electron chi connectivity index (χ3n) is 4.15. The first-order chi connectivity index (χ1) is 13.3. The van der Waals surface area contributed by atoms with E-state index in [1.54, 1.807) is 0 Å². The van der Waals surface area contributed by atoms with Gasteiger partial charge in [-0.25, -0.2) is 4.68 Å². The minimum Gasteiger partial charge on any atom is -0.484 e. The van der Waals surface area contributed by atoms with E-state index in [-0.39, 0.29) is 23.9 Å². The van der Waals surface area contributed by atoms with Gasteiger partial charge in [-0.3, -0.25) is 4.79 Å². The second-order valence-corrected chi connectivity index (χ2v) is 7.69. The molecule has 0 aliphatic carbocycles. The molecule has 0 radical (unpaired) electrons. The van der Waals surface area contributed by atoms with Crippen molar-refractivity contribution in [2.24, 2.45) is 0 Å². The van der Waals surface area contributed by atoms with Gasteiger partial charge < -0.3 is 14.5 Å². The third kappa shape index (κ3) is 5.08. The van der Waals surface area contributed by atoms with Gasteiger partial charge in [0.05, 0.1) is 5.69 Å². The molecular weight excluding hydrogens is 442 g/mol. The van der Waals surface area contributed by atoms with Crippen molar-refractivity contribution in [1.82, 2.24) is 9.78 Å². The molecule has 0 unspecified atom stereocenters. The van der Waals surface area contributed by atoms with E-state index < -0.39 is 0 Å². The lowest BCUT2D eigenvalue weighted by atomic mass is 10.1. The van der Waals surface area contributed by atoms with Crippen LogP contribution in [0.4, 0.5) is 5.69 Å². The van der Waals surface area contributed by atoms with Crippen LogP contribution in [0.2, 0.25) is 0 Å². The zero-order valence-corrected chi connectivity index (χ0v) is 18.2. The summed E-state index contributed by atoms with van der Waals surface area (Å²) >= 11 is 8.63. The van der Waals surface area contributed by atoms with Crippen molar-refractivity contribution in [1.29, 1.82) is 0 Å². The molecule has 0 aliphatic rings. The number of carbonyl (C=O) groups is 1. The number of carbonyl (C=O) groups excluding carboxylic acids is 1. The van der Waals surface area contributed by atoms with Crippen LogP contribution in [-0.2, 0) is 17.9 Å². The van der Waals surface area contributed by atoms with Gasteiger partial charge in [-0.15, -0.1) is 5.10 Å². The van der Waals surface area contributed by atoms with Gasteiger partial charge in [-0.1, -0.05) is 12.1 Å². The van der Waals surface area contributed by atoms with Crippen molar-refractivity contribution < 1.29 is 13.9 Å². The fourth-order valence-electron chi connectivity index (χ4n) is 2.56. The summed E-state index contributed by atoms with van der Waals surface area (Å²) in [6.07, 6.45) is 0. The standard InChI is InChI=1S/C20H20BrN3O3S/c1-12-5-4-6-15(7-12)26-11-19-23-24(20(28)27-19)10-18(25)22-17-9-14(3)13(2)8-16(17)21/h4-9H,10-11H2,1-3H3,(H,22,25).